The molecule has 1 N–H and O–H groups in total. The number of carboxylic acid groups (broad SMARTS) is 1. The molecule has 2 aromatic rings. The Morgan fingerprint density at radius 1 is 1.26 bits per heavy atom. The van der Waals surface area contributed by atoms with E-state index in [0.717, 1.165) is 30.7 Å². The number of rotatable bonds is 3. The molecule has 0 amide bonds. The van der Waals surface area contributed by atoms with Crippen molar-refractivity contribution in [1.82, 2.24) is 9.55 Å². The lowest BCUT2D eigenvalue weighted by Gasteiger charge is -2.20. The van der Waals surface area contributed by atoms with Gasteiger partial charge in [0.25, 0.3) is 0 Å². The lowest BCUT2D eigenvalue weighted by Crippen LogP contribution is -2.21. The molecule has 98 valence electrons. The molecule has 1 aromatic heterocycles. The van der Waals surface area contributed by atoms with Gasteiger partial charge in [-0.1, -0.05) is 36.8 Å². The van der Waals surface area contributed by atoms with Gasteiger partial charge in [0.05, 0.1) is 5.92 Å². The Balaban J connectivity index is 1.99. The first kappa shape index (κ1) is 12.0. The van der Waals surface area contributed by atoms with E-state index in [4.69, 9.17) is 0 Å². The number of benzene rings is 1. The fraction of sp³-hybridized carbons (Fsp3) is 0.333. The van der Waals surface area contributed by atoms with E-state index in [-0.39, 0.29) is 12.0 Å². The maximum absolute atomic E-state index is 11.3. The summed E-state index contributed by atoms with van der Waals surface area (Å²) in [5.74, 6) is -0.134. The number of imidazole rings is 1. The fourth-order valence-corrected chi connectivity index (χ4v) is 2.95. The van der Waals surface area contributed by atoms with E-state index in [1.165, 1.54) is 0 Å². The zero-order chi connectivity index (χ0) is 13.2. The smallest absolute Gasteiger partial charge is 0.308 e. The molecule has 1 fully saturated rings. The van der Waals surface area contributed by atoms with Crippen LogP contribution in [0.2, 0.25) is 0 Å². The summed E-state index contributed by atoms with van der Waals surface area (Å²) in [4.78, 5) is 15.7. The highest BCUT2D eigenvalue weighted by Crippen LogP contribution is 2.38. The molecule has 0 saturated heterocycles. The third kappa shape index (κ3) is 2.14. The number of hydrogen-bond acceptors (Lipinski definition) is 2. The quantitative estimate of drug-likeness (QED) is 0.918. The minimum absolute atomic E-state index is 0.0233. The lowest BCUT2D eigenvalue weighted by atomic mass is 10.0. The van der Waals surface area contributed by atoms with E-state index in [1.54, 1.807) is 6.20 Å². The van der Waals surface area contributed by atoms with Gasteiger partial charge in [0.15, 0.2) is 0 Å². The molecule has 4 nitrogen and oxygen atoms in total. The van der Waals surface area contributed by atoms with Crippen molar-refractivity contribution in [3.05, 3.63) is 42.7 Å². The van der Waals surface area contributed by atoms with E-state index < -0.39 is 5.97 Å². The number of aromatic nitrogens is 2. The molecule has 0 aliphatic heterocycles. The summed E-state index contributed by atoms with van der Waals surface area (Å²) in [5.41, 5.74) is 1.03. The van der Waals surface area contributed by atoms with Gasteiger partial charge in [-0.25, -0.2) is 4.98 Å². The van der Waals surface area contributed by atoms with Gasteiger partial charge in [0.2, 0.25) is 0 Å². The molecule has 3 rings (SSSR count). The Hall–Kier alpha value is -2.10. The number of carboxylic acids is 1. The largest absolute Gasteiger partial charge is 0.481 e. The van der Waals surface area contributed by atoms with Crippen LogP contribution in [0.15, 0.2) is 42.7 Å². The van der Waals surface area contributed by atoms with Gasteiger partial charge >= 0.3 is 5.97 Å². The minimum atomic E-state index is -0.699. The van der Waals surface area contributed by atoms with Gasteiger partial charge in [-0.15, -0.1) is 0 Å². The predicted octanol–water partition coefficient (Wildman–Crippen LogP) is 2.98. The Morgan fingerprint density at radius 3 is 2.79 bits per heavy atom. The first-order chi connectivity index (χ1) is 9.27. The molecule has 2 atom stereocenters. The third-order valence-electron chi connectivity index (χ3n) is 3.85. The van der Waals surface area contributed by atoms with Crippen LogP contribution in [-0.2, 0) is 4.79 Å². The molecule has 0 spiro atoms. The lowest BCUT2D eigenvalue weighted by molar-refractivity contribution is -0.142. The van der Waals surface area contributed by atoms with Gasteiger partial charge in [-0.2, -0.15) is 0 Å². The molecule has 1 aliphatic carbocycles. The molecule has 4 heteroatoms. The maximum Gasteiger partial charge on any atom is 0.308 e. The number of aliphatic carboxylic acids is 1. The summed E-state index contributed by atoms with van der Waals surface area (Å²) in [6.07, 6.45) is 6.28. The van der Waals surface area contributed by atoms with E-state index in [1.807, 2.05) is 41.1 Å². The summed E-state index contributed by atoms with van der Waals surface area (Å²) >= 11 is 0. The van der Waals surface area contributed by atoms with Crippen molar-refractivity contribution in [3.63, 3.8) is 0 Å². The summed E-state index contributed by atoms with van der Waals surface area (Å²) in [6.45, 7) is 0. The number of carbonyl (C=O) groups is 1. The van der Waals surface area contributed by atoms with E-state index in [0.29, 0.717) is 0 Å². The van der Waals surface area contributed by atoms with Crippen molar-refractivity contribution in [2.45, 2.75) is 25.3 Å². The van der Waals surface area contributed by atoms with Crippen LogP contribution in [0.5, 0.6) is 0 Å². The van der Waals surface area contributed by atoms with Crippen LogP contribution in [0.1, 0.15) is 25.3 Å². The monoisotopic (exact) mass is 256 g/mol. The van der Waals surface area contributed by atoms with Crippen LogP contribution in [0.4, 0.5) is 0 Å². The molecular formula is C15H16N2O2. The Morgan fingerprint density at radius 2 is 2.05 bits per heavy atom. The molecule has 1 heterocycles. The van der Waals surface area contributed by atoms with Gasteiger partial charge in [0.1, 0.15) is 5.82 Å². The van der Waals surface area contributed by atoms with Crippen LogP contribution < -0.4 is 0 Å². The van der Waals surface area contributed by atoms with Gasteiger partial charge in [0, 0.05) is 24.0 Å². The highest BCUT2D eigenvalue weighted by atomic mass is 16.4. The molecule has 1 aliphatic rings. The van der Waals surface area contributed by atoms with Crippen molar-refractivity contribution in [2.75, 3.05) is 0 Å². The van der Waals surface area contributed by atoms with Gasteiger partial charge in [-0.3, -0.25) is 4.79 Å². The second-order valence-corrected chi connectivity index (χ2v) is 4.97. The van der Waals surface area contributed by atoms with E-state index in [2.05, 4.69) is 4.98 Å². The Bertz CT molecular complexity index is 577. The molecule has 2 unspecified atom stereocenters. The molecular weight excluding hydrogens is 240 g/mol. The van der Waals surface area contributed by atoms with E-state index in [9.17, 15) is 9.90 Å². The van der Waals surface area contributed by atoms with Gasteiger partial charge < -0.3 is 9.67 Å². The third-order valence-corrected chi connectivity index (χ3v) is 3.85. The average Bonchev–Trinajstić information content (AvgIpc) is 3.08. The van der Waals surface area contributed by atoms with Crippen LogP contribution in [0.3, 0.4) is 0 Å². The van der Waals surface area contributed by atoms with Crippen molar-refractivity contribution >= 4 is 5.97 Å². The van der Waals surface area contributed by atoms with Crippen molar-refractivity contribution in [1.29, 1.82) is 0 Å². The highest BCUT2D eigenvalue weighted by Gasteiger charge is 2.35. The summed E-state index contributed by atoms with van der Waals surface area (Å²) < 4.78 is 2.03. The highest BCUT2D eigenvalue weighted by molar-refractivity contribution is 5.71. The topological polar surface area (TPSA) is 55.1 Å². The van der Waals surface area contributed by atoms with Crippen LogP contribution in [0.25, 0.3) is 11.4 Å². The standard InChI is InChI=1S/C15H16N2O2/c18-15(19)12-7-4-8-13(12)17-10-9-16-14(17)11-5-2-1-3-6-11/h1-3,5-6,9-10,12-13H,4,7-8H2,(H,18,19). The molecule has 0 bridgehead atoms. The maximum atomic E-state index is 11.3. The van der Waals surface area contributed by atoms with Crippen LogP contribution >= 0.6 is 0 Å². The molecule has 19 heavy (non-hydrogen) atoms. The van der Waals surface area contributed by atoms with Crippen molar-refractivity contribution in [2.24, 2.45) is 5.92 Å². The second-order valence-electron chi connectivity index (χ2n) is 4.97. The summed E-state index contributed by atoms with van der Waals surface area (Å²) in [6, 6.07) is 9.93. The first-order valence-corrected chi connectivity index (χ1v) is 6.58. The zero-order valence-electron chi connectivity index (χ0n) is 10.6. The predicted molar refractivity (Wildman–Crippen MR) is 71.7 cm³/mol. The Kier molecular flexibility index (Phi) is 3.07. The average molecular weight is 256 g/mol. The molecule has 0 radical (unpaired) electrons. The zero-order valence-corrected chi connectivity index (χ0v) is 10.6. The normalized spacial score (nSPS) is 22.5. The number of hydrogen-bond donors (Lipinski definition) is 1. The minimum Gasteiger partial charge on any atom is -0.481 e. The molecule has 1 aromatic carbocycles. The van der Waals surface area contributed by atoms with Crippen LogP contribution in [0, 0.1) is 5.92 Å². The van der Waals surface area contributed by atoms with E-state index >= 15 is 0 Å². The first-order valence-electron chi connectivity index (χ1n) is 6.58. The van der Waals surface area contributed by atoms with Gasteiger partial charge in [-0.05, 0) is 12.8 Å². The molecule has 1 saturated carbocycles. The Labute approximate surface area is 111 Å². The summed E-state index contributed by atoms with van der Waals surface area (Å²) in [5, 5.41) is 9.31. The summed E-state index contributed by atoms with van der Waals surface area (Å²) in [7, 11) is 0. The fourth-order valence-electron chi connectivity index (χ4n) is 2.95. The SMILES string of the molecule is O=C(O)C1CCCC1n1ccnc1-c1ccccc1. The van der Waals surface area contributed by atoms with Crippen molar-refractivity contribution in [3.8, 4) is 11.4 Å². The van der Waals surface area contributed by atoms with Crippen LogP contribution in [-0.4, -0.2) is 20.6 Å². The second kappa shape index (κ2) is 4.88. The van der Waals surface area contributed by atoms with Crippen molar-refractivity contribution < 1.29 is 9.90 Å². The number of nitrogens with zero attached hydrogens (tertiary/aromatic N) is 2.